The molecular formula is C13H26N2. The highest BCUT2D eigenvalue weighted by Crippen LogP contribution is 2.18. The summed E-state index contributed by atoms with van der Waals surface area (Å²) in [7, 11) is 0. The van der Waals surface area contributed by atoms with Crippen LogP contribution in [0.3, 0.4) is 0 Å². The number of hydrogen-bond donors (Lipinski definition) is 2. The summed E-state index contributed by atoms with van der Waals surface area (Å²) in [6, 6.07) is 1.65. The smallest absolute Gasteiger partial charge is 0.00794 e. The lowest BCUT2D eigenvalue weighted by Crippen LogP contribution is -2.38. The minimum absolute atomic E-state index is 0.823. The maximum atomic E-state index is 3.68. The number of nitrogens with one attached hydrogen (secondary N) is 2. The first kappa shape index (κ1) is 11.4. The van der Waals surface area contributed by atoms with Gasteiger partial charge in [-0.3, -0.25) is 0 Å². The van der Waals surface area contributed by atoms with Crippen LogP contribution < -0.4 is 10.6 Å². The van der Waals surface area contributed by atoms with E-state index in [-0.39, 0.29) is 0 Å². The topological polar surface area (TPSA) is 24.1 Å². The molecule has 0 aromatic rings. The van der Waals surface area contributed by atoms with Crippen LogP contribution in [0.1, 0.15) is 57.8 Å². The van der Waals surface area contributed by atoms with Crippen molar-refractivity contribution in [3.63, 3.8) is 0 Å². The maximum absolute atomic E-state index is 3.68. The molecule has 0 aliphatic heterocycles. The number of hydrogen-bond acceptors (Lipinski definition) is 2. The fourth-order valence-electron chi connectivity index (χ4n) is 2.99. The SMILES string of the molecule is C1CCC(NCCNC2CCCC2)CC1. The summed E-state index contributed by atoms with van der Waals surface area (Å²) in [5.74, 6) is 0. The zero-order valence-electron chi connectivity index (χ0n) is 9.93. The second kappa shape index (κ2) is 6.49. The van der Waals surface area contributed by atoms with Gasteiger partial charge in [0, 0.05) is 25.2 Å². The van der Waals surface area contributed by atoms with Crippen LogP contribution in [0.15, 0.2) is 0 Å². The first-order valence-corrected chi connectivity index (χ1v) is 6.92. The van der Waals surface area contributed by atoms with Gasteiger partial charge in [0.05, 0.1) is 0 Å². The molecule has 0 aromatic heterocycles. The van der Waals surface area contributed by atoms with Crippen LogP contribution in [0.5, 0.6) is 0 Å². The molecule has 0 heterocycles. The van der Waals surface area contributed by atoms with E-state index in [2.05, 4.69) is 10.6 Å². The Labute approximate surface area is 94.2 Å². The Hall–Kier alpha value is -0.0800. The van der Waals surface area contributed by atoms with Crippen LogP contribution in [-0.4, -0.2) is 25.2 Å². The predicted molar refractivity (Wildman–Crippen MR) is 65.1 cm³/mol. The molecule has 88 valence electrons. The third-order valence-electron chi connectivity index (χ3n) is 3.95. The van der Waals surface area contributed by atoms with Gasteiger partial charge in [0.25, 0.3) is 0 Å². The summed E-state index contributed by atoms with van der Waals surface area (Å²) < 4.78 is 0. The molecule has 2 saturated carbocycles. The lowest BCUT2D eigenvalue weighted by molar-refractivity contribution is 0.368. The Morgan fingerprint density at radius 2 is 1.00 bits per heavy atom. The highest BCUT2D eigenvalue weighted by atomic mass is 15.0. The number of rotatable bonds is 5. The standard InChI is InChI=1S/C13H26N2/c1-2-6-12(7-3-1)14-10-11-15-13-8-4-5-9-13/h12-15H,1-11H2. The van der Waals surface area contributed by atoms with Crippen molar-refractivity contribution >= 4 is 0 Å². The molecule has 2 N–H and O–H groups in total. The van der Waals surface area contributed by atoms with Crippen molar-refractivity contribution in [2.45, 2.75) is 69.9 Å². The van der Waals surface area contributed by atoms with E-state index < -0.39 is 0 Å². The molecule has 2 rings (SSSR count). The van der Waals surface area contributed by atoms with Crippen molar-refractivity contribution in [2.75, 3.05) is 13.1 Å². The first-order chi connectivity index (χ1) is 7.45. The molecule has 0 bridgehead atoms. The van der Waals surface area contributed by atoms with E-state index in [0.29, 0.717) is 0 Å². The van der Waals surface area contributed by atoms with Gasteiger partial charge in [0.15, 0.2) is 0 Å². The van der Waals surface area contributed by atoms with E-state index in [1.54, 1.807) is 0 Å². The second-order valence-corrected chi connectivity index (χ2v) is 5.22. The Kier molecular flexibility index (Phi) is 4.94. The summed E-state index contributed by atoms with van der Waals surface area (Å²) in [6.07, 6.45) is 12.8. The van der Waals surface area contributed by atoms with Crippen molar-refractivity contribution in [2.24, 2.45) is 0 Å². The van der Waals surface area contributed by atoms with E-state index >= 15 is 0 Å². The molecule has 0 amide bonds. The Morgan fingerprint density at radius 3 is 1.47 bits per heavy atom. The average Bonchev–Trinajstić information content (AvgIpc) is 2.79. The van der Waals surface area contributed by atoms with E-state index in [0.717, 1.165) is 12.1 Å². The Bertz CT molecular complexity index is 158. The predicted octanol–water partition coefficient (Wildman–Crippen LogP) is 2.44. The normalized spacial score (nSPS) is 24.8. The summed E-state index contributed by atoms with van der Waals surface area (Å²) >= 11 is 0. The molecule has 0 radical (unpaired) electrons. The fraction of sp³-hybridized carbons (Fsp3) is 1.00. The zero-order chi connectivity index (χ0) is 10.3. The van der Waals surface area contributed by atoms with Gasteiger partial charge in [-0.15, -0.1) is 0 Å². The second-order valence-electron chi connectivity index (χ2n) is 5.22. The summed E-state index contributed by atoms with van der Waals surface area (Å²) in [5.41, 5.74) is 0. The third kappa shape index (κ3) is 4.12. The molecule has 0 saturated heterocycles. The van der Waals surface area contributed by atoms with Crippen molar-refractivity contribution in [1.82, 2.24) is 10.6 Å². The molecular weight excluding hydrogens is 184 g/mol. The minimum atomic E-state index is 0.823. The molecule has 15 heavy (non-hydrogen) atoms. The fourth-order valence-corrected chi connectivity index (χ4v) is 2.99. The maximum Gasteiger partial charge on any atom is 0.00794 e. The molecule has 0 atom stereocenters. The Balaban J connectivity index is 1.47. The van der Waals surface area contributed by atoms with Crippen LogP contribution in [0, 0.1) is 0 Å². The van der Waals surface area contributed by atoms with Crippen molar-refractivity contribution in [3.05, 3.63) is 0 Å². The quantitative estimate of drug-likeness (QED) is 0.681. The summed E-state index contributed by atoms with van der Waals surface area (Å²) in [5, 5.41) is 7.34. The van der Waals surface area contributed by atoms with Crippen LogP contribution in [0.2, 0.25) is 0 Å². The van der Waals surface area contributed by atoms with Crippen molar-refractivity contribution in [1.29, 1.82) is 0 Å². The van der Waals surface area contributed by atoms with Crippen LogP contribution in [-0.2, 0) is 0 Å². The van der Waals surface area contributed by atoms with Crippen LogP contribution in [0.4, 0.5) is 0 Å². The highest BCUT2D eigenvalue weighted by molar-refractivity contribution is 4.75. The lowest BCUT2D eigenvalue weighted by atomic mass is 9.95. The highest BCUT2D eigenvalue weighted by Gasteiger charge is 2.14. The minimum Gasteiger partial charge on any atom is -0.313 e. The van der Waals surface area contributed by atoms with E-state index in [1.165, 1.54) is 70.9 Å². The van der Waals surface area contributed by atoms with E-state index in [9.17, 15) is 0 Å². The molecule has 0 spiro atoms. The molecule has 2 fully saturated rings. The van der Waals surface area contributed by atoms with Gasteiger partial charge >= 0.3 is 0 Å². The van der Waals surface area contributed by atoms with Crippen molar-refractivity contribution < 1.29 is 0 Å². The van der Waals surface area contributed by atoms with Crippen LogP contribution in [0.25, 0.3) is 0 Å². The van der Waals surface area contributed by atoms with Gasteiger partial charge in [-0.25, -0.2) is 0 Å². The Morgan fingerprint density at radius 1 is 0.600 bits per heavy atom. The molecule has 0 unspecified atom stereocenters. The largest absolute Gasteiger partial charge is 0.313 e. The molecule has 2 heteroatoms. The summed E-state index contributed by atoms with van der Waals surface area (Å²) in [6.45, 7) is 2.34. The van der Waals surface area contributed by atoms with E-state index in [4.69, 9.17) is 0 Å². The third-order valence-corrected chi connectivity index (χ3v) is 3.95. The molecule has 2 nitrogen and oxygen atoms in total. The molecule has 0 aromatic carbocycles. The van der Waals surface area contributed by atoms with Gasteiger partial charge in [-0.1, -0.05) is 32.1 Å². The summed E-state index contributed by atoms with van der Waals surface area (Å²) in [4.78, 5) is 0. The van der Waals surface area contributed by atoms with Crippen LogP contribution >= 0.6 is 0 Å². The van der Waals surface area contributed by atoms with Gasteiger partial charge in [0.1, 0.15) is 0 Å². The van der Waals surface area contributed by atoms with Crippen molar-refractivity contribution in [3.8, 4) is 0 Å². The zero-order valence-corrected chi connectivity index (χ0v) is 9.93. The van der Waals surface area contributed by atoms with Gasteiger partial charge in [-0.2, -0.15) is 0 Å². The first-order valence-electron chi connectivity index (χ1n) is 6.92. The van der Waals surface area contributed by atoms with Gasteiger partial charge < -0.3 is 10.6 Å². The average molecular weight is 210 g/mol. The lowest BCUT2D eigenvalue weighted by Gasteiger charge is -2.23. The van der Waals surface area contributed by atoms with Gasteiger partial charge in [-0.05, 0) is 25.7 Å². The van der Waals surface area contributed by atoms with Gasteiger partial charge in [0.2, 0.25) is 0 Å². The van der Waals surface area contributed by atoms with E-state index in [1.807, 2.05) is 0 Å². The molecule has 2 aliphatic rings. The monoisotopic (exact) mass is 210 g/mol. The molecule has 2 aliphatic carbocycles.